The van der Waals surface area contributed by atoms with Crippen LogP contribution < -0.4 is 5.32 Å². The van der Waals surface area contributed by atoms with E-state index in [1.165, 1.54) is 10.6 Å². The molecule has 0 saturated heterocycles. The molecule has 0 aliphatic heterocycles. The Kier molecular flexibility index (Phi) is 4.20. The molecule has 2 aromatic rings. The van der Waals surface area contributed by atoms with Crippen molar-refractivity contribution in [1.29, 1.82) is 0 Å². The third kappa shape index (κ3) is 4.03. The van der Waals surface area contributed by atoms with Crippen molar-refractivity contribution in [1.82, 2.24) is 9.97 Å². The molecule has 0 aliphatic rings. The Labute approximate surface area is 119 Å². The van der Waals surface area contributed by atoms with E-state index in [9.17, 15) is 0 Å². The van der Waals surface area contributed by atoms with Crippen molar-refractivity contribution in [2.24, 2.45) is 0 Å². The zero-order chi connectivity index (χ0) is 13.9. The Morgan fingerprint density at radius 2 is 2.05 bits per heavy atom. The number of rotatable bonds is 4. The molecule has 102 valence electrons. The van der Waals surface area contributed by atoms with E-state index in [4.69, 9.17) is 0 Å². The van der Waals surface area contributed by atoms with Gasteiger partial charge in [-0.15, -0.1) is 11.3 Å². The van der Waals surface area contributed by atoms with E-state index in [1.54, 1.807) is 11.3 Å². The predicted molar refractivity (Wildman–Crippen MR) is 82.0 cm³/mol. The van der Waals surface area contributed by atoms with Gasteiger partial charge in [-0.25, -0.2) is 9.97 Å². The van der Waals surface area contributed by atoms with Crippen molar-refractivity contribution in [3.8, 4) is 0 Å². The molecule has 0 spiro atoms. The van der Waals surface area contributed by atoms with Crippen molar-refractivity contribution < 1.29 is 0 Å². The van der Waals surface area contributed by atoms with Crippen molar-refractivity contribution in [3.63, 3.8) is 0 Å². The van der Waals surface area contributed by atoms with Crippen LogP contribution in [0.4, 0.5) is 5.82 Å². The monoisotopic (exact) mass is 275 g/mol. The van der Waals surface area contributed by atoms with Crippen LogP contribution in [0.5, 0.6) is 0 Å². The molecule has 0 saturated carbocycles. The predicted octanol–water partition coefficient (Wildman–Crippen LogP) is 3.80. The maximum absolute atomic E-state index is 4.45. The molecule has 19 heavy (non-hydrogen) atoms. The van der Waals surface area contributed by atoms with Gasteiger partial charge >= 0.3 is 0 Å². The first kappa shape index (κ1) is 14.0. The van der Waals surface area contributed by atoms with Crippen LogP contribution in [0.1, 0.15) is 37.0 Å². The fraction of sp³-hybridized carbons (Fsp3) is 0.467. The third-order valence-corrected chi connectivity index (χ3v) is 3.97. The van der Waals surface area contributed by atoms with Crippen LogP contribution in [0.25, 0.3) is 0 Å². The Hall–Kier alpha value is -1.42. The summed E-state index contributed by atoms with van der Waals surface area (Å²) in [6, 6.07) is 4.19. The molecule has 0 aromatic carbocycles. The summed E-state index contributed by atoms with van der Waals surface area (Å²) in [5.74, 6) is 0.932. The lowest BCUT2D eigenvalue weighted by Gasteiger charge is -2.18. The van der Waals surface area contributed by atoms with Gasteiger partial charge in [0.2, 0.25) is 0 Å². The molecule has 0 atom stereocenters. The van der Waals surface area contributed by atoms with E-state index >= 15 is 0 Å². The second-order valence-electron chi connectivity index (χ2n) is 5.74. The van der Waals surface area contributed by atoms with Gasteiger partial charge in [0.05, 0.1) is 5.01 Å². The molecular formula is C15H21N3S. The minimum absolute atomic E-state index is 0.157. The Balaban J connectivity index is 1.86. The van der Waals surface area contributed by atoms with E-state index in [0.717, 1.165) is 24.5 Å². The second kappa shape index (κ2) is 5.70. The van der Waals surface area contributed by atoms with Crippen LogP contribution in [0, 0.1) is 6.92 Å². The van der Waals surface area contributed by atoms with Gasteiger partial charge in [0.15, 0.2) is 0 Å². The normalized spacial score (nSPS) is 11.6. The van der Waals surface area contributed by atoms with E-state index in [-0.39, 0.29) is 5.41 Å². The molecule has 2 rings (SSSR count). The van der Waals surface area contributed by atoms with Gasteiger partial charge in [-0.3, -0.25) is 0 Å². The molecule has 3 nitrogen and oxygen atoms in total. The maximum Gasteiger partial charge on any atom is 0.125 e. The maximum atomic E-state index is 4.45. The lowest BCUT2D eigenvalue weighted by molar-refractivity contribution is 0.587. The third-order valence-electron chi connectivity index (χ3n) is 2.94. The van der Waals surface area contributed by atoms with Crippen LogP contribution in [0.15, 0.2) is 23.7 Å². The summed E-state index contributed by atoms with van der Waals surface area (Å²) in [5.41, 5.74) is 2.52. The first-order valence-corrected chi connectivity index (χ1v) is 7.44. The Morgan fingerprint density at radius 1 is 1.26 bits per heavy atom. The molecule has 1 N–H and O–H groups in total. The minimum atomic E-state index is 0.157. The number of thiazole rings is 1. The minimum Gasteiger partial charge on any atom is -0.370 e. The molecule has 2 aromatic heterocycles. The van der Waals surface area contributed by atoms with E-state index in [2.05, 4.69) is 47.5 Å². The van der Waals surface area contributed by atoms with E-state index in [0.29, 0.717) is 0 Å². The first-order valence-electron chi connectivity index (χ1n) is 6.56. The SMILES string of the molecule is Cc1csc(CCNc2ccc(C(C)(C)C)cn2)n1. The Bertz CT molecular complexity index is 523. The van der Waals surface area contributed by atoms with Crippen molar-refractivity contribution in [2.45, 2.75) is 39.5 Å². The van der Waals surface area contributed by atoms with Crippen LogP contribution in [0.2, 0.25) is 0 Å². The van der Waals surface area contributed by atoms with Gasteiger partial charge < -0.3 is 5.32 Å². The first-order chi connectivity index (χ1) is 8.95. The molecule has 2 heterocycles. The smallest absolute Gasteiger partial charge is 0.125 e. The van der Waals surface area contributed by atoms with Crippen LogP contribution >= 0.6 is 11.3 Å². The van der Waals surface area contributed by atoms with Gasteiger partial charge in [0.25, 0.3) is 0 Å². The average molecular weight is 275 g/mol. The highest BCUT2D eigenvalue weighted by atomic mass is 32.1. The fourth-order valence-corrected chi connectivity index (χ4v) is 2.53. The molecule has 0 amide bonds. The highest BCUT2D eigenvalue weighted by Gasteiger charge is 2.13. The number of hydrogen-bond donors (Lipinski definition) is 1. The number of anilines is 1. The quantitative estimate of drug-likeness (QED) is 0.922. The highest BCUT2D eigenvalue weighted by Crippen LogP contribution is 2.21. The molecule has 0 unspecified atom stereocenters. The van der Waals surface area contributed by atoms with Crippen LogP contribution in [-0.4, -0.2) is 16.5 Å². The number of pyridine rings is 1. The van der Waals surface area contributed by atoms with Crippen molar-refractivity contribution in [3.05, 3.63) is 40.0 Å². The number of aromatic nitrogens is 2. The van der Waals surface area contributed by atoms with Gasteiger partial charge in [0, 0.05) is 30.2 Å². The number of hydrogen-bond acceptors (Lipinski definition) is 4. The van der Waals surface area contributed by atoms with Crippen molar-refractivity contribution >= 4 is 17.2 Å². The van der Waals surface area contributed by atoms with Gasteiger partial charge in [-0.1, -0.05) is 26.8 Å². The summed E-state index contributed by atoms with van der Waals surface area (Å²) in [6.07, 6.45) is 2.90. The van der Waals surface area contributed by atoms with Crippen LogP contribution in [-0.2, 0) is 11.8 Å². The summed E-state index contributed by atoms with van der Waals surface area (Å²) in [7, 11) is 0. The van der Waals surface area contributed by atoms with Crippen molar-refractivity contribution in [2.75, 3.05) is 11.9 Å². The van der Waals surface area contributed by atoms with Gasteiger partial charge in [0.1, 0.15) is 5.82 Å². The topological polar surface area (TPSA) is 37.8 Å². The van der Waals surface area contributed by atoms with Gasteiger partial charge in [-0.05, 0) is 24.0 Å². The molecular weight excluding hydrogens is 254 g/mol. The summed E-state index contributed by atoms with van der Waals surface area (Å²) in [4.78, 5) is 8.90. The zero-order valence-corrected chi connectivity index (χ0v) is 12.8. The lowest BCUT2D eigenvalue weighted by Crippen LogP contribution is -2.12. The summed E-state index contributed by atoms with van der Waals surface area (Å²) < 4.78 is 0. The standard InChI is InChI=1S/C15H21N3S/c1-11-10-19-14(18-11)7-8-16-13-6-5-12(9-17-13)15(2,3)4/h5-6,9-10H,7-8H2,1-4H3,(H,16,17). The molecule has 0 aliphatic carbocycles. The fourth-order valence-electron chi connectivity index (χ4n) is 1.76. The van der Waals surface area contributed by atoms with Gasteiger partial charge in [-0.2, -0.15) is 0 Å². The second-order valence-corrected chi connectivity index (χ2v) is 6.68. The largest absolute Gasteiger partial charge is 0.370 e. The molecule has 0 radical (unpaired) electrons. The lowest BCUT2D eigenvalue weighted by atomic mass is 9.88. The summed E-state index contributed by atoms with van der Waals surface area (Å²) in [5, 5.41) is 6.60. The van der Waals surface area contributed by atoms with E-state index < -0.39 is 0 Å². The number of aryl methyl sites for hydroxylation is 1. The Morgan fingerprint density at radius 3 is 2.58 bits per heavy atom. The molecule has 0 fully saturated rings. The molecule has 0 bridgehead atoms. The number of nitrogens with one attached hydrogen (secondary N) is 1. The number of nitrogens with zero attached hydrogens (tertiary/aromatic N) is 2. The highest BCUT2D eigenvalue weighted by molar-refractivity contribution is 7.09. The van der Waals surface area contributed by atoms with Crippen LogP contribution in [0.3, 0.4) is 0 Å². The molecule has 4 heteroatoms. The van der Waals surface area contributed by atoms with E-state index in [1.807, 2.05) is 19.2 Å². The average Bonchev–Trinajstić information content (AvgIpc) is 2.75. The zero-order valence-electron chi connectivity index (χ0n) is 12.0. The summed E-state index contributed by atoms with van der Waals surface area (Å²) >= 11 is 1.72. The summed E-state index contributed by atoms with van der Waals surface area (Å²) in [6.45, 7) is 9.49.